The highest BCUT2D eigenvalue weighted by Gasteiger charge is 2.22. The Morgan fingerprint density at radius 1 is 1.47 bits per heavy atom. The summed E-state index contributed by atoms with van der Waals surface area (Å²) in [7, 11) is 4.33. The summed E-state index contributed by atoms with van der Waals surface area (Å²) < 4.78 is 1.04. The normalized spacial score (nSPS) is 21.5. The van der Waals surface area contributed by atoms with Gasteiger partial charge in [0.25, 0.3) is 0 Å². The molecule has 3 nitrogen and oxygen atoms in total. The zero-order valence-corrected chi connectivity index (χ0v) is 12.1. The number of likely N-dealkylation sites (N-methyl/N-ethyl adjacent to an activating group) is 2. The Bertz CT molecular complexity index is 394. The highest BCUT2D eigenvalue weighted by atomic mass is 79.9. The molecular formula is C13H20BrN3. The van der Waals surface area contributed by atoms with Gasteiger partial charge in [0.05, 0.1) is 11.4 Å². The Balaban J connectivity index is 2.15. The number of nitrogens with zero attached hydrogens (tertiary/aromatic N) is 2. The number of likely N-dealkylation sites (tertiary alicyclic amines) is 1. The standard InChI is InChI=1S/C13H20BrN3/c1-16-7-3-4-11(9-16)17(2)13-6-5-10(14)8-12(13)15/h5-6,8,11H,3-4,7,9,15H2,1-2H3. The summed E-state index contributed by atoms with van der Waals surface area (Å²) in [4.78, 5) is 4.71. The van der Waals surface area contributed by atoms with Crippen LogP contribution in [0.1, 0.15) is 12.8 Å². The van der Waals surface area contributed by atoms with Gasteiger partial charge in [0.2, 0.25) is 0 Å². The number of nitrogens with two attached hydrogens (primary N) is 1. The molecule has 0 aromatic heterocycles. The second-order valence-corrected chi connectivity index (χ2v) is 5.79. The predicted octanol–water partition coefficient (Wildman–Crippen LogP) is 2.56. The molecule has 0 radical (unpaired) electrons. The fourth-order valence-electron chi connectivity index (χ4n) is 2.50. The van der Waals surface area contributed by atoms with Gasteiger partial charge in [-0.3, -0.25) is 0 Å². The fourth-order valence-corrected chi connectivity index (χ4v) is 2.88. The van der Waals surface area contributed by atoms with Crippen LogP contribution >= 0.6 is 15.9 Å². The number of halogens is 1. The molecule has 0 amide bonds. The van der Waals surface area contributed by atoms with Crippen LogP contribution in [-0.4, -0.2) is 38.1 Å². The third kappa shape index (κ3) is 2.93. The molecular weight excluding hydrogens is 278 g/mol. The summed E-state index contributed by atoms with van der Waals surface area (Å²) in [5.74, 6) is 0. The first-order valence-electron chi connectivity index (χ1n) is 6.04. The van der Waals surface area contributed by atoms with Crippen molar-refractivity contribution in [3.8, 4) is 0 Å². The van der Waals surface area contributed by atoms with Crippen LogP contribution in [0.5, 0.6) is 0 Å². The quantitative estimate of drug-likeness (QED) is 0.852. The van der Waals surface area contributed by atoms with Crippen LogP contribution in [0.4, 0.5) is 11.4 Å². The molecule has 1 aromatic rings. The first-order valence-corrected chi connectivity index (χ1v) is 6.83. The Hall–Kier alpha value is -0.740. The number of nitrogen functional groups attached to an aromatic ring is 1. The lowest BCUT2D eigenvalue weighted by molar-refractivity contribution is 0.248. The second-order valence-electron chi connectivity index (χ2n) is 4.87. The molecule has 1 atom stereocenters. The van der Waals surface area contributed by atoms with E-state index in [2.05, 4.69) is 52.0 Å². The third-order valence-electron chi connectivity index (χ3n) is 3.52. The van der Waals surface area contributed by atoms with E-state index >= 15 is 0 Å². The van der Waals surface area contributed by atoms with Crippen molar-refractivity contribution in [3.63, 3.8) is 0 Å². The van der Waals surface area contributed by atoms with Crippen LogP contribution in [0.3, 0.4) is 0 Å². The minimum absolute atomic E-state index is 0.567. The van der Waals surface area contributed by atoms with Crippen LogP contribution in [-0.2, 0) is 0 Å². The summed E-state index contributed by atoms with van der Waals surface area (Å²) >= 11 is 3.44. The van der Waals surface area contributed by atoms with Crippen LogP contribution in [0.25, 0.3) is 0 Å². The molecule has 2 N–H and O–H groups in total. The van der Waals surface area contributed by atoms with Crippen molar-refractivity contribution in [2.75, 3.05) is 37.8 Å². The first-order chi connectivity index (χ1) is 8.08. The van der Waals surface area contributed by atoms with E-state index in [9.17, 15) is 0 Å². The molecule has 1 fully saturated rings. The van der Waals surface area contributed by atoms with Crippen LogP contribution < -0.4 is 10.6 Å². The van der Waals surface area contributed by atoms with E-state index in [1.165, 1.54) is 19.4 Å². The maximum atomic E-state index is 6.08. The highest BCUT2D eigenvalue weighted by Crippen LogP contribution is 2.29. The van der Waals surface area contributed by atoms with Gasteiger partial charge in [-0.25, -0.2) is 0 Å². The van der Waals surface area contributed by atoms with Crippen molar-refractivity contribution in [1.29, 1.82) is 0 Å². The van der Waals surface area contributed by atoms with Crippen LogP contribution in [0, 0.1) is 0 Å². The maximum absolute atomic E-state index is 6.08. The van der Waals surface area contributed by atoms with Gasteiger partial charge >= 0.3 is 0 Å². The molecule has 17 heavy (non-hydrogen) atoms. The van der Waals surface area contributed by atoms with Gasteiger partial charge in [-0.05, 0) is 44.6 Å². The molecule has 1 saturated heterocycles. The van der Waals surface area contributed by atoms with Crippen molar-refractivity contribution >= 4 is 27.3 Å². The monoisotopic (exact) mass is 297 g/mol. The van der Waals surface area contributed by atoms with Crippen molar-refractivity contribution in [2.24, 2.45) is 0 Å². The highest BCUT2D eigenvalue weighted by molar-refractivity contribution is 9.10. The number of rotatable bonds is 2. The molecule has 1 heterocycles. The average Bonchev–Trinajstić information content (AvgIpc) is 2.28. The number of hydrogen-bond donors (Lipinski definition) is 1. The number of benzene rings is 1. The molecule has 0 aliphatic carbocycles. The molecule has 1 unspecified atom stereocenters. The van der Waals surface area contributed by atoms with E-state index in [-0.39, 0.29) is 0 Å². The lowest BCUT2D eigenvalue weighted by atomic mass is 10.0. The van der Waals surface area contributed by atoms with Gasteiger partial charge < -0.3 is 15.5 Å². The van der Waals surface area contributed by atoms with E-state index in [0.717, 1.165) is 22.4 Å². The SMILES string of the molecule is CN1CCCC(N(C)c2ccc(Br)cc2N)C1. The molecule has 94 valence electrons. The second kappa shape index (κ2) is 5.27. The van der Waals surface area contributed by atoms with E-state index in [1.54, 1.807) is 0 Å². The Labute approximate surface area is 112 Å². The molecule has 0 spiro atoms. The molecule has 1 aliphatic heterocycles. The van der Waals surface area contributed by atoms with Gasteiger partial charge in [-0.15, -0.1) is 0 Å². The lowest BCUT2D eigenvalue weighted by Gasteiger charge is -2.37. The maximum Gasteiger partial charge on any atom is 0.0601 e. The summed E-state index contributed by atoms with van der Waals surface area (Å²) in [6.45, 7) is 2.33. The van der Waals surface area contributed by atoms with Crippen molar-refractivity contribution < 1.29 is 0 Å². The smallest absolute Gasteiger partial charge is 0.0601 e. The number of hydrogen-bond acceptors (Lipinski definition) is 3. The van der Waals surface area contributed by atoms with E-state index in [4.69, 9.17) is 5.73 Å². The number of piperidine rings is 1. The average molecular weight is 298 g/mol. The summed E-state index contributed by atoms with van der Waals surface area (Å²) in [5, 5.41) is 0. The van der Waals surface area contributed by atoms with Crippen LogP contribution in [0.2, 0.25) is 0 Å². The van der Waals surface area contributed by atoms with Gasteiger partial charge in [0.1, 0.15) is 0 Å². The summed E-state index contributed by atoms with van der Waals surface area (Å²) in [5.41, 5.74) is 8.05. The Morgan fingerprint density at radius 3 is 2.88 bits per heavy atom. The van der Waals surface area contributed by atoms with Gasteiger partial charge in [0, 0.05) is 24.1 Å². The lowest BCUT2D eigenvalue weighted by Crippen LogP contribution is -2.45. The molecule has 4 heteroatoms. The zero-order chi connectivity index (χ0) is 12.4. The van der Waals surface area contributed by atoms with Gasteiger partial charge in [-0.2, -0.15) is 0 Å². The third-order valence-corrected chi connectivity index (χ3v) is 4.01. The topological polar surface area (TPSA) is 32.5 Å². The molecule has 1 aromatic carbocycles. The number of anilines is 2. The van der Waals surface area contributed by atoms with Crippen molar-refractivity contribution in [1.82, 2.24) is 4.90 Å². The molecule has 2 rings (SSSR count). The van der Waals surface area contributed by atoms with E-state index in [0.29, 0.717) is 6.04 Å². The summed E-state index contributed by atoms with van der Waals surface area (Å²) in [6, 6.07) is 6.68. The zero-order valence-electron chi connectivity index (χ0n) is 10.5. The predicted molar refractivity (Wildman–Crippen MR) is 77.5 cm³/mol. The minimum Gasteiger partial charge on any atom is -0.397 e. The summed E-state index contributed by atoms with van der Waals surface area (Å²) in [6.07, 6.45) is 2.51. The minimum atomic E-state index is 0.567. The Morgan fingerprint density at radius 2 is 2.24 bits per heavy atom. The Kier molecular flexibility index (Phi) is 3.94. The molecule has 1 aliphatic rings. The van der Waals surface area contributed by atoms with Gasteiger partial charge in [0.15, 0.2) is 0 Å². The van der Waals surface area contributed by atoms with Crippen LogP contribution in [0.15, 0.2) is 22.7 Å². The van der Waals surface area contributed by atoms with Crippen molar-refractivity contribution in [2.45, 2.75) is 18.9 Å². The fraction of sp³-hybridized carbons (Fsp3) is 0.538. The van der Waals surface area contributed by atoms with Gasteiger partial charge in [-0.1, -0.05) is 15.9 Å². The largest absolute Gasteiger partial charge is 0.397 e. The molecule has 0 saturated carbocycles. The van der Waals surface area contributed by atoms with E-state index in [1.807, 2.05) is 6.07 Å². The molecule has 0 bridgehead atoms. The first kappa shape index (κ1) is 12.7. The van der Waals surface area contributed by atoms with E-state index < -0.39 is 0 Å². The van der Waals surface area contributed by atoms with Crippen molar-refractivity contribution in [3.05, 3.63) is 22.7 Å².